The van der Waals surface area contributed by atoms with E-state index in [-0.39, 0.29) is 48.0 Å². The molecule has 16 heteroatoms. The number of methoxy groups -OCH3 is 2. The molecule has 16 nitrogen and oxygen atoms in total. The Morgan fingerprint density at radius 1 is 0.862 bits per heavy atom. The number of carbonyl (C=O) groups excluding carboxylic acids is 5. The molecule has 336 valence electrons. The summed E-state index contributed by atoms with van der Waals surface area (Å²) in [6.07, 6.45) is 1.67. The van der Waals surface area contributed by atoms with E-state index >= 15 is 0 Å². The van der Waals surface area contributed by atoms with Crippen molar-refractivity contribution in [2.75, 3.05) is 47.9 Å². The van der Waals surface area contributed by atoms with Crippen LogP contribution in [0.1, 0.15) is 115 Å². The van der Waals surface area contributed by atoms with Crippen LogP contribution in [0, 0.1) is 23.7 Å². The molecule has 0 unspecified atom stereocenters. The number of hydrogen-bond acceptors (Lipinski definition) is 10. The van der Waals surface area contributed by atoms with Crippen LogP contribution in [0.3, 0.4) is 0 Å². The molecule has 1 heterocycles. The van der Waals surface area contributed by atoms with Crippen LogP contribution in [0.4, 0.5) is 4.79 Å². The van der Waals surface area contributed by atoms with Gasteiger partial charge in [0.2, 0.25) is 23.6 Å². The maximum atomic E-state index is 14.4. The highest BCUT2D eigenvalue weighted by Gasteiger charge is 2.43. The Balaban J connectivity index is 3.12. The molecule has 1 rings (SSSR count). The van der Waals surface area contributed by atoms with E-state index in [1.165, 1.54) is 21.1 Å². The fraction of sp³-hybridized carbons (Fsp3) is 0.857. The van der Waals surface area contributed by atoms with Gasteiger partial charge in [0, 0.05) is 41.4 Å². The van der Waals surface area contributed by atoms with Gasteiger partial charge in [0.05, 0.1) is 42.7 Å². The van der Waals surface area contributed by atoms with Crippen molar-refractivity contribution < 1.29 is 48.1 Å². The molecule has 0 aromatic heterocycles. The average Bonchev–Trinajstić information content (AvgIpc) is 3.63. The minimum Gasteiger partial charge on any atom is -0.480 e. The fourth-order valence-corrected chi connectivity index (χ4v) is 7.48. The van der Waals surface area contributed by atoms with Gasteiger partial charge >= 0.3 is 12.1 Å². The van der Waals surface area contributed by atoms with Gasteiger partial charge in [-0.1, -0.05) is 54.9 Å². The lowest BCUT2D eigenvalue weighted by molar-refractivity contribution is -0.148. The monoisotopic (exact) mass is 827 g/mol. The van der Waals surface area contributed by atoms with E-state index < -0.39 is 65.8 Å². The SMILES string of the molecule is CC[C@H](C)[C@@H]([C@@H](CC(=O)N1CCC[C@H]1[C@H](OC)[C@@H](C)C(=O)N[C@@H](C)C(=O)O)OC)N(C)C(=O)[C@@H](NC(=O)[C@@H](NCCCCN(C)C(=O)OC(C)(C)C)C(C)C)C(C)C. The van der Waals surface area contributed by atoms with Gasteiger partial charge in [-0.05, 0) is 77.7 Å². The van der Waals surface area contributed by atoms with Crippen LogP contribution in [0.15, 0.2) is 0 Å². The summed E-state index contributed by atoms with van der Waals surface area (Å²) in [7, 11) is 6.40. The van der Waals surface area contributed by atoms with Crippen molar-refractivity contribution in [1.82, 2.24) is 30.7 Å². The Labute approximate surface area is 348 Å². The van der Waals surface area contributed by atoms with Crippen molar-refractivity contribution in [3.05, 3.63) is 0 Å². The topological polar surface area (TPSA) is 196 Å². The zero-order valence-electron chi connectivity index (χ0n) is 38.2. The first-order valence-electron chi connectivity index (χ1n) is 21.1. The third-order valence-electron chi connectivity index (χ3n) is 11.2. The molecule has 0 saturated carbocycles. The Morgan fingerprint density at radius 3 is 1.97 bits per heavy atom. The summed E-state index contributed by atoms with van der Waals surface area (Å²) in [6.45, 7) is 21.7. The summed E-state index contributed by atoms with van der Waals surface area (Å²) in [4.78, 5) is 83.8. The van der Waals surface area contributed by atoms with E-state index in [9.17, 15) is 33.9 Å². The molecule has 1 aliphatic rings. The minimum atomic E-state index is -1.15. The van der Waals surface area contributed by atoms with Crippen molar-refractivity contribution in [2.24, 2.45) is 23.7 Å². The number of rotatable bonds is 24. The molecule has 58 heavy (non-hydrogen) atoms. The summed E-state index contributed by atoms with van der Waals surface area (Å²) in [5.41, 5.74) is -0.574. The number of carboxylic acid groups (broad SMARTS) is 1. The van der Waals surface area contributed by atoms with Crippen LogP contribution >= 0.6 is 0 Å². The number of carboxylic acids is 1. The first-order chi connectivity index (χ1) is 26.9. The van der Waals surface area contributed by atoms with Crippen LogP contribution in [0.5, 0.6) is 0 Å². The maximum Gasteiger partial charge on any atom is 0.410 e. The quantitative estimate of drug-likeness (QED) is 0.103. The van der Waals surface area contributed by atoms with Crippen molar-refractivity contribution in [3.63, 3.8) is 0 Å². The van der Waals surface area contributed by atoms with Gasteiger partial charge in [-0.25, -0.2) is 4.79 Å². The normalized spacial score (nSPS) is 18.7. The fourth-order valence-electron chi connectivity index (χ4n) is 7.48. The highest BCUT2D eigenvalue weighted by Crippen LogP contribution is 2.29. The molecule has 9 atom stereocenters. The number of nitrogens with one attached hydrogen (secondary N) is 3. The zero-order valence-corrected chi connectivity index (χ0v) is 38.2. The van der Waals surface area contributed by atoms with Gasteiger partial charge in [-0.2, -0.15) is 0 Å². The minimum absolute atomic E-state index is 0.0295. The highest BCUT2D eigenvalue weighted by atomic mass is 16.6. The van der Waals surface area contributed by atoms with E-state index in [2.05, 4.69) is 16.0 Å². The van der Waals surface area contributed by atoms with E-state index in [1.54, 1.807) is 35.7 Å². The molecule has 0 aliphatic carbocycles. The second kappa shape index (κ2) is 24.6. The van der Waals surface area contributed by atoms with E-state index in [4.69, 9.17) is 14.2 Å². The summed E-state index contributed by atoms with van der Waals surface area (Å²) in [5.74, 6) is -3.52. The molecule has 4 N–H and O–H groups in total. The van der Waals surface area contributed by atoms with Crippen molar-refractivity contribution in [3.8, 4) is 0 Å². The van der Waals surface area contributed by atoms with Crippen molar-refractivity contribution >= 4 is 35.7 Å². The largest absolute Gasteiger partial charge is 0.480 e. The predicted octanol–water partition coefficient (Wildman–Crippen LogP) is 3.90. The third kappa shape index (κ3) is 15.9. The van der Waals surface area contributed by atoms with Gasteiger partial charge in [-0.3, -0.25) is 24.0 Å². The second-order valence-electron chi connectivity index (χ2n) is 17.7. The molecule has 0 radical (unpaired) electrons. The number of aliphatic carboxylic acids is 1. The van der Waals surface area contributed by atoms with Gasteiger partial charge in [0.1, 0.15) is 17.7 Å². The predicted molar refractivity (Wildman–Crippen MR) is 223 cm³/mol. The van der Waals surface area contributed by atoms with Crippen molar-refractivity contribution in [2.45, 2.75) is 163 Å². The standard InChI is InChI=1S/C42H78N6O10/c1-16-27(6)35(31(56-14)24-32(49)48-23-19-20-30(48)36(57-15)28(7)37(50)44-29(8)40(53)54)47(13)39(52)34(26(4)5)45-38(51)33(25(2)3)43-21-17-18-22-46(12)41(55)58-42(9,10)11/h25-31,33-36,43H,16-24H2,1-15H3,(H,44,50)(H,45,51)(H,53,54)/t27-,28+,29-,30-,31+,33-,34-,35-,36+/m0/s1. The van der Waals surface area contributed by atoms with Gasteiger partial charge < -0.3 is 50.0 Å². The highest BCUT2D eigenvalue weighted by molar-refractivity contribution is 5.90. The summed E-state index contributed by atoms with van der Waals surface area (Å²) in [6, 6.07) is -3.41. The molecular formula is C42H78N6O10. The maximum absolute atomic E-state index is 14.4. The second-order valence-corrected chi connectivity index (χ2v) is 17.7. The lowest BCUT2D eigenvalue weighted by atomic mass is 9.89. The number of nitrogens with zero attached hydrogens (tertiary/aromatic N) is 3. The van der Waals surface area contributed by atoms with Gasteiger partial charge in [0.15, 0.2) is 0 Å². The van der Waals surface area contributed by atoms with Crippen LogP contribution in [0.2, 0.25) is 0 Å². The van der Waals surface area contributed by atoms with Crippen LogP contribution in [-0.4, -0.2) is 151 Å². The molecule has 1 saturated heterocycles. The molecule has 0 aromatic carbocycles. The molecule has 1 fully saturated rings. The smallest absolute Gasteiger partial charge is 0.410 e. The number of likely N-dealkylation sites (N-methyl/N-ethyl adjacent to an activating group) is 1. The van der Waals surface area contributed by atoms with E-state index in [1.807, 2.05) is 62.3 Å². The summed E-state index contributed by atoms with van der Waals surface area (Å²) < 4.78 is 17.2. The molecule has 0 spiro atoms. The van der Waals surface area contributed by atoms with Crippen LogP contribution in [-0.2, 0) is 38.2 Å². The Bertz CT molecular complexity index is 1340. The number of ether oxygens (including phenoxy) is 3. The molecular weight excluding hydrogens is 748 g/mol. The van der Waals surface area contributed by atoms with Crippen LogP contribution < -0.4 is 16.0 Å². The molecule has 1 aliphatic heterocycles. The number of hydrogen-bond donors (Lipinski definition) is 4. The number of unbranched alkanes of at least 4 members (excludes halogenated alkanes) is 1. The molecule has 0 bridgehead atoms. The van der Waals surface area contributed by atoms with Gasteiger partial charge in [0.25, 0.3) is 0 Å². The first-order valence-corrected chi connectivity index (χ1v) is 21.1. The zero-order chi connectivity index (χ0) is 44.7. The number of carbonyl (C=O) groups is 6. The number of likely N-dealkylation sites (tertiary alicyclic amines) is 1. The molecule has 5 amide bonds. The van der Waals surface area contributed by atoms with Crippen LogP contribution in [0.25, 0.3) is 0 Å². The first kappa shape index (κ1) is 52.5. The number of amides is 5. The van der Waals surface area contributed by atoms with E-state index in [0.29, 0.717) is 45.3 Å². The Morgan fingerprint density at radius 2 is 1.47 bits per heavy atom. The van der Waals surface area contributed by atoms with Crippen molar-refractivity contribution in [1.29, 1.82) is 0 Å². The lowest BCUT2D eigenvalue weighted by Gasteiger charge is -2.41. The Kier molecular flexibility index (Phi) is 22.2. The van der Waals surface area contributed by atoms with Gasteiger partial charge in [-0.15, -0.1) is 0 Å². The lowest BCUT2D eigenvalue weighted by Crippen LogP contribution is -2.60. The Hall–Kier alpha value is -3.50. The third-order valence-corrected chi connectivity index (χ3v) is 11.2. The average molecular weight is 827 g/mol. The van der Waals surface area contributed by atoms with E-state index in [0.717, 1.165) is 6.42 Å². The summed E-state index contributed by atoms with van der Waals surface area (Å²) >= 11 is 0. The summed E-state index contributed by atoms with van der Waals surface area (Å²) in [5, 5.41) is 18.2. The molecule has 0 aromatic rings.